The fourth-order valence-electron chi connectivity index (χ4n) is 6.68. The Balaban J connectivity index is 1.28. The molecule has 0 aliphatic carbocycles. The fraction of sp³-hybridized carbons (Fsp3) is 0.760. The lowest BCUT2D eigenvalue weighted by atomic mass is 9.95. The van der Waals surface area contributed by atoms with Gasteiger partial charge in [0, 0.05) is 20.1 Å². The zero-order valence-corrected chi connectivity index (χ0v) is 23.3. The number of imidazole rings is 1. The molecule has 4 fully saturated rings. The highest BCUT2D eigenvalue weighted by Gasteiger charge is 2.46. The van der Waals surface area contributed by atoms with E-state index >= 15 is 0 Å². The molecule has 1 amide bonds. The molecule has 4 aliphatic rings. The predicted molar refractivity (Wildman–Crippen MR) is 139 cm³/mol. The molecule has 2 bridgehead atoms. The Labute approximate surface area is 220 Å². The van der Waals surface area contributed by atoms with Gasteiger partial charge in [-0.1, -0.05) is 0 Å². The quantitative estimate of drug-likeness (QED) is 0.522. The standard InChI is InChI=1S/C25H36BrN7O3/c1-24(2,3)36-23(34)33-16-7-8-17(33)14-31(13-16)20-18-19(27-21(26)30(18)4)28-22(29-20)35-15-25-9-5-11-32(25)12-6-10-25/h16-17H,5-15H2,1-4H3. The molecule has 2 atom stereocenters. The van der Waals surface area contributed by atoms with Crippen molar-refractivity contribution in [3.8, 4) is 6.01 Å². The van der Waals surface area contributed by atoms with Crippen molar-refractivity contribution in [3.63, 3.8) is 0 Å². The van der Waals surface area contributed by atoms with Crippen LogP contribution in [0.3, 0.4) is 0 Å². The largest absolute Gasteiger partial charge is 0.461 e. The molecule has 6 rings (SSSR count). The Bertz CT molecular complexity index is 1150. The number of ether oxygens (including phenoxy) is 2. The van der Waals surface area contributed by atoms with Crippen LogP contribution >= 0.6 is 15.9 Å². The third-order valence-corrected chi connectivity index (χ3v) is 9.01. The molecular formula is C25H36BrN7O3. The van der Waals surface area contributed by atoms with Crippen molar-refractivity contribution in [1.29, 1.82) is 0 Å². The van der Waals surface area contributed by atoms with Gasteiger partial charge in [0.25, 0.3) is 0 Å². The number of amides is 1. The first-order chi connectivity index (χ1) is 17.1. The van der Waals surface area contributed by atoms with E-state index in [1.807, 2.05) is 37.3 Å². The van der Waals surface area contributed by atoms with Gasteiger partial charge in [0.15, 0.2) is 16.2 Å². The van der Waals surface area contributed by atoms with Crippen LogP contribution in [0, 0.1) is 0 Å². The van der Waals surface area contributed by atoms with E-state index in [1.165, 1.54) is 25.7 Å². The van der Waals surface area contributed by atoms with Crippen LogP contribution in [0.15, 0.2) is 4.73 Å². The number of carbonyl (C=O) groups excluding carboxylic acids is 1. The van der Waals surface area contributed by atoms with E-state index in [2.05, 4.69) is 30.7 Å². The molecule has 4 saturated heterocycles. The molecule has 10 nitrogen and oxygen atoms in total. The molecular weight excluding hydrogens is 526 g/mol. The molecule has 6 heterocycles. The first-order valence-electron chi connectivity index (χ1n) is 13.2. The Hall–Kier alpha value is -2.14. The third-order valence-electron chi connectivity index (χ3n) is 8.30. The second kappa shape index (κ2) is 8.72. The maximum atomic E-state index is 13.0. The molecule has 0 aromatic carbocycles. The molecule has 11 heteroatoms. The summed E-state index contributed by atoms with van der Waals surface area (Å²) in [7, 11) is 1.96. The maximum absolute atomic E-state index is 13.0. The second-order valence-electron chi connectivity index (χ2n) is 11.8. The Morgan fingerprint density at radius 3 is 2.39 bits per heavy atom. The number of halogens is 1. The minimum Gasteiger partial charge on any atom is -0.461 e. The number of carbonyl (C=O) groups is 1. The molecule has 196 valence electrons. The molecule has 2 aromatic heterocycles. The van der Waals surface area contributed by atoms with E-state index in [9.17, 15) is 4.79 Å². The number of fused-ring (bicyclic) bond motifs is 4. The lowest BCUT2D eigenvalue weighted by molar-refractivity contribution is 0.0122. The van der Waals surface area contributed by atoms with Gasteiger partial charge >= 0.3 is 12.1 Å². The second-order valence-corrected chi connectivity index (χ2v) is 12.5. The smallest absolute Gasteiger partial charge is 0.410 e. The summed E-state index contributed by atoms with van der Waals surface area (Å²) in [6.07, 6.45) is 6.52. The van der Waals surface area contributed by atoms with Gasteiger partial charge in [0.1, 0.15) is 17.7 Å². The van der Waals surface area contributed by atoms with Crippen LogP contribution in [0.4, 0.5) is 10.6 Å². The highest BCUT2D eigenvalue weighted by molar-refractivity contribution is 9.10. The summed E-state index contributed by atoms with van der Waals surface area (Å²) in [5.74, 6) is 0.823. The predicted octanol–water partition coefficient (Wildman–Crippen LogP) is 3.72. The van der Waals surface area contributed by atoms with Crippen LogP contribution in [0.25, 0.3) is 11.2 Å². The van der Waals surface area contributed by atoms with Gasteiger partial charge in [-0.25, -0.2) is 9.78 Å². The molecule has 2 aromatic rings. The maximum Gasteiger partial charge on any atom is 0.410 e. The monoisotopic (exact) mass is 561 g/mol. The van der Waals surface area contributed by atoms with E-state index in [0.717, 1.165) is 37.3 Å². The van der Waals surface area contributed by atoms with E-state index in [4.69, 9.17) is 19.4 Å². The van der Waals surface area contributed by atoms with Crippen molar-refractivity contribution in [1.82, 2.24) is 29.3 Å². The first kappa shape index (κ1) is 24.2. The van der Waals surface area contributed by atoms with Crippen molar-refractivity contribution < 1.29 is 14.3 Å². The van der Waals surface area contributed by atoms with Gasteiger partial charge < -0.3 is 18.9 Å². The van der Waals surface area contributed by atoms with Crippen LogP contribution in [-0.4, -0.2) is 91.4 Å². The van der Waals surface area contributed by atoms with Crippen molar-refractivity contribution in [3.05, 3.63) is 4.73 Å². The third kappa shape index (κ3) is 4.12. The molecule has 2 unspecified atom stereocenters. The molecule has 0 spiro atoms. The number of hydrogen-bond donors (Lipinski definition) is 0. The number of rotatable bonds is 4. The SMILES string of the molecule is Cn1c(Br)nc2nc(OCC34CCCN3CCC4)nc(N3CC4CCC(C3)N4C(=O)OC(C)(C)C)c21. The lowest BCUT2D eigenvalue weighted by Gasteiger charge is -2.41. The summed E-state index contributed by atoms with van der Waals surface area (Å²) in [5, 5.41) is 0. The van der Waals surface area contributed by atoms with Gasteiger partial charge in [-0.2, -0.15) is 9.97 Å². The summed E-state index contributed by atoms with van der Waals surface area (Å²) >= 11 is 3.56. The van der Waals surface area contributed by atoms with Gasteiger partial charge in [0.2, 0.25) is 0 Å². The van der Waals surface area contributed by atoms with Gasteiger partial charge in [-0.05, 0) is 88.3 Å². The average molecular weight is 563 g/mol. The highest BCUT2D eigenvalue weighted by atomic mass is 79.9. The zero-order valence-electron chi connectivity index (χ0n) is 21.7. The van der Waals surface area contributed by atoms with E-state index < -0.39 is 5.60 Å². The van der Waals surface area contributed by atoms with Crippen LogP contribution < -0.4 is 9.64 Å². The van der Waals surface area contributed by atoms with Crippen molar-refractivity contribution in [2.75, 3.05) is 37.7 Å². The summed E-state index contributed by atoms with van der Waals surface area (Å²) in [6, 6.07) is 0.571. The number of hydrogen-bond acceptors (Lipinski definition) is 8. The number of piperazine rings is 1. The Morgan fingerprint density at radius 1 is 1.08 bits per heavy atom. The van der Waals surface area contributed by atoms with Crippen molar-refractivity contribution in [2.24, 2.45) is 7.05 Å². The summed E-state index contributed by atoms with van der Waals surface area (Å²) < 4.78 is 14.7. The summed E-state index contributed by atoms with van der Waals surface area (Å²) in [4.78, 5) is 34.1. The first-order valence-corrected chi connectivity index (χ1v) is 14.0. The molecule has 36 heavy (non-hydrogen) atoms. The molecule has 0 radical (unpaired) electrons. The number of anilines is 1. The molecule has 0 saturated carbocycles. The minimum atomic E-state index is -0.507. The Morgan fingerprint density at radius 2 is 1.75 bits per heavy atom. The fourth-order valence-corrected chi connectivity index (χ4v) is 7.02. The van der Waals surface area contributed by atoms with Crippen molar-refractivity contribution >= 4 is 39.0 Å². The average Bonchev–Trinajstić information content (AvgIpc) is 3.52. The van der Waals surface area contributed by atoms with E-state index in [0.29, 0.717) is 36.1 Å². The van der Waals surface area contributed by atoms with Crippen LogP contribution in [-0.2, 0) is 11.8 Å². The summed E-state index contributed by atoms with van der Waals surface area (Å²) in [5.41, 5.74) is 1.12. The highest BCUT2D eigenvalue weighted by Crippen LogP contribution is 2.40. The van der Waals surface area contributed by atoms with Gasteiger partial charge in [-0.3, -0.25) is 9.80 Å². The normalized spacial score (nSPS) is 25.6. The number of aromatic nitrogens is 4. The van der Waals surface area contributed by atoms with Crippen LogP contribution in [0.1, 0.15) is 59.3 Å². The topological polar surface area (TPSA) is 88.9 Å². The van der Waals surface area contributed by atoms with Gasteiger partial charge in [0.05, 0.1) is 17.6 Å². The van der Waals surface area contributed by atoms with Crippen LogP contribution in [0.2, 0.25) is 0 Å². The minimum absolute atomic E-state index is 0.0917. The van der Waals surface area contributed by atoms with Crippen molar-refractivity contribution in [2.45, 2.75) is 82.5 Å². The lowest BCUT2D eigenvalue weighted by Crippen LogP contribution is -2.57. The molecule has 0 N–H and O–H groups in total. The number of nitrogens with zero attached hydrogens (tertiary/aromatic N) is 7. The Kier molecular flexibility index (Phi) is 5.86. The zero-order chi connectivity index (χ0) is 25.2. The van der Waals surface area contributed by atoms with Crippen LogP contribution in [0.5, 0.6) is 6.01 Å². The molecule has 4 aliphatic heterocycles. The number of aryl methyl sites for hydroxylation is 1. The van der Waals surface area contributed by atoms with E-state index in [-0.39, 0.29) is 23.7 Å². The summed E-state index contributed by atoms with van der Waals surface area (Å²) in [6.45, 7) is 10.1. The van der Waals surface area contributed by atoms with Gasteiger partial charge in [-0.15, -0.1) is 0 Å². The van der Waals surface area contributed by atoms with E-state index in [1.54, 1.807) is 0 Å².